The van der Waals surface area contributed by atoms with Gasteiger partial charge in [-0.25, -0.2) is 0 Å². The SMILES string of the molecule is COc1ccc(NC(=O)CCc2ccccc2)cc1NC(=O)CCN. The topological polar surface area (TPSA) is 93.5 Å². The van der Waals surface area contributed by atoms with Crippen LogP contribution in [0.25, 0.3) is 0 Å². The summed E-state index contributed by atoms with van der Waals surface area (Å²) in [6, 6.07) is 14.9. The van der Waals surface area contributed by atoms with Crippen molar-refractivity contribution in [2.75, 3.05) is 24.3 Å². The summed E-state index contributed by atoms with van der Waals surface area (Å²) in [5.41, 5.74) is 7.60. The molecule has 0 spiro atoms. The minimum absolute atomic E-state index is 0.0896. The minimum Gasteiger partial charge on any atom is -0.495 e. The first-order chi connectivity index (χ1) is 12.1. The molecule has 0 aliphatic rings. The quantitative estimate of drug-likeness (QED) is 0.688. The zero-order chi connectivity index (χ0) is 18.1. The lowest BCUT2D eigenvalue weighted by Crippen LogP contribution is -2.17. The third-order valence-electron chi connectivity index (χ3n) is 3.61. The number of anilines is 2. The standard InChI is InChI=1S/C19H23N3O3/c1-25-17-9-8-15(13-16(17)22-19(24)11-12-20)21-18(23)10-7-14-5-3-2-4-6-14/h2-6,8-9,13H,7,10-12,20H2,1H3,(H,21,23)(H,22,24). The second kappa shape index (κ2) is 9.44. The van der Waals surface area contributed by atoms with Crippen LogP contribution < -0.4 is 21.1 Å². The molecule has 6 heteroatoms. The van der Waals surface area contributed by atoms with Crippen LogP contribution in [0.15, 0.2) is 48.5 Å². The van der Waals surface area contributed by atoms with E-state index in [9.17, 15) is 9.59 Å². The summed E-state index contributed by atoms with van der Waals surface area (Å²) in [6.07, 6.45) is 1.27. The molecule has 2 aromatic carbocycles. The number of hydrogen-bond donors (Lipinski definition) is 3. The Balaban J connectivity index is 1.98. The lowest BCUT2D eigenvalue weighted by atomic mass is 10.1. The molecule has 25 heavy (non-hydrogen) atoms. The molecule has 0 saturated carbocycles. The Kier molecular flexibility index (Phi) is 6.98. The number of hydrogen-bond acceptors (Lipinski definition) is 4. The van der Waals surface area contributed by atoms with Gasteiger partial charge in [-0.3, -0.25) is 9.59 Å². The first-order valence-corrected chi connectivity index (χ1v) is 8.14. The van der Waals surface area contributed by atoms with Gasteiger partial charge in [-0.15, -0.1) is 0 Å². The Hall–Kier alpha value is -2.86. The van der Waals surface area contributed by atoms with Crippen molar-refractivity contribution < 1.29 is 14.3 Å². The highest BCUT2D eigenvalue weighted by Crippen LogP contribution is 2.28. The van der Waals surface area contributed by atoms with E-state index in [0.717, 1.165) is 5.56 Å². The number of benzene rings is 2. The number of carbonyl (C=O) groups excluding carboxylic acids is 2. The predicted octanol–water partition coefficient (Wildman–Crippen LogP) is 2.55. The molecule has 0 aromatic heterocycles. The van der Waals surface area contributed by atoms with Crippen LogP contribution in [0.2, 0.25) is 0 Å². The molecular weight excluding hydrogens is 318 g/mol. The maximum Gasteiger partial charge on any atom is 0.225 e. The van der Waals surface area contributed by atoms with E-state index in [-0.39, 0.29) is 24.8 Å². The average Bonchev–Trinajstić information content (AvgIpc) is 2.61. The predicted molar refractivity (Wildman–Crippen MR) is 98.7 cm³/mol. The molecule has 0 fully saturated rings. The van der Waals surface area contributed by atoms with Gasteiger partial charge in [0.2, 0.25) is 11.8 Å². The molecule has 0 heterocycles. The molecule has 0 radical (unpaired) electrons. The number of methoxy groups -OCH3 is 1. The molecule has 0 bridgehead atoms. The van der Waals surface area contributed by atoms with Gasteiger partial charge in [0.15, 0.2) is 0 Å². The van der Waals surface area contributed by atoms with Crippen molar-refractivity contribution in [3.63, 3.8) is 0 Å². The molecule has 0 atom stereocenters. The van der Waals surface area contributed by atoms with Crippen LogP contribution in [0.1, 0.15) is 18.4 Å². The first-order valence-electron chi connectivity index (χ1n) is 8.14. The normalized spacial score (nSPS) is 10.2. The minimum atomic E-state index is -0.201. The maximum atomic E-state index is 12.1. The summed E-state index contributed by atoms with van der Waals surface area (Å²) in [6.45, 7) is 0.268. The highest BCUT2D eigenvalue weighted by molar-refractivity contribution is 5.95. The van der Waals surface area contributed by atoms with Crippen molar-refractivity contribution in [1.29, 1.82) is 0 Å². The number of rotatable bonds is 8. The van der Waals surface area contributed by atoms with E-state index in [2.05, 4.69) is 10.6 Å². The Morgan fingerprint density at radius 1 is 1.00 bits per heavy atom. The van der Waals surface area contributed by atoms with Gasteiger partial charge in [0, 0.05) is 25.1 Å². The first kappa shape index (κ1) is 18.5. The van der Waals surface area contributed by atoms with Crippen LogP contribution in [0.3, 0.4) is 0 Å². The second-order valence-electron chi connectivity index (χ2n) is 5.54. The van der Waals surface area contributed by atoms with Crippen molar-refractivity contribution in [2.24, 2.45) is 5.73 Å². The number of amides is 2. The summed E-state index contributed by atoms with van der Waals surface area (Å²) in [7, 11) is 1.52. The zero-order valence-corrected chi connectivity index (χ0v) is 14.2. The zero-order valence-electron chi connectivity index (χ0n) is 14.2. The van der Waals surface area contributed by atoms with Crippen LogP contribution in [0.4, 0.5) is 11.4 Å². The van der Waals surface area contributed by atoms with Crippen LogP contribution in [-0.4, -0.2) is 25.5 Å². The molecular formula is C19H23N3O3. The lowest BCUT2D eigenvalue weighted by Gasteiger charge is -2.12. The molecule has 2 amide bonds. The second-order valence-corrected chi connectivity index (χ2v) is 5.54. The molecule has 0 unspecified atom stereocenters. The van der Waals surface area contributed by atoms with Crippen molar-refractivity contribution in [2.45, 2.75) is 19.3 Å². The molecule has 6 nitrogen and oxygen atoms in total. The highest BCUT2D eigenvalue weighted by Gasteiger charge is 2.10. The van der Waals surface area contributed by atoms with Gasteiger partial charge >= 0.3 is 0 Å². The van der Waals surface area contributed by atoms with E-state index in [0.29, 0.717) is 30.0 Å². The number of nitrogens with one attached hydrogen (secondary N) is 2. The number of aryl methyl sites for hydroxylation is 1. The maximum absolute atomic E-state index is 12.1. The summed E-state index contributed by atoms with van der Waals surface area (Å²) >= 11 is 0. The molecule has 2 aromatic rings. The van der Waals surface area contributed by atoms with Gasteiger partial charge in [0.05, 0.1) is 12.8 Å². The van der Waals surface area contributed by atoms with E-state index in [4.69, 9.17) is 10.5 Å². The number of nitrogens with two attached hydrogens (primary N) is 1. The summed E-state index contributed by atoms with van der Waals surface area (Å²) < 4.78 is 5.23. The number of ether oxygens (including phenoxy) is 1. The monoisotopic (exact) mass is 341 g/mol. The third-order valence-corrected chi connectivity index (χ3v) is 3.61. The number of carbonyl (C=O) groups is 2. The molecule has 2 rings (SSSR count). The van der Waals surface area contributed by atoms with Gasteiger partial charge < -0.3 is 21.1 Å². The fourth-order valence-electron chi connectivity index (χ4n) is 2.35. The summed E-state index contributed by atoms with van der Waals surface area (Å²) in [4.78, 5) is 23.9. The van der Waals surface area contributed by atoms with Crippen molar-refractivity contribution in [3.05, 3.63) is 54.1 Å². The van der Waals surface area contributed by atoms with Crippen molar-refractivity contribution >= 4 is 23.2 Å². The van der Waals surface area contributed by atoms with Gasteiger partial charge in [0.1, 0.15) is 5.75 Å². The average molecular weight is 341 g/mol. The Morgan fingerprint density at radius 3 is 2.40 bits per heavy atom. The van der Waals surface area contributed by atoms with Gasteiger partial charge in [-0.2, -0.15) is 0 Å². The smallest absolute Gasteiger partial charge is 0.225 e. The van der Waals surface area contributed by atoms with Crippen LogP contribution in [0.5, 0.6) is 5.75 Å². The molecule has 4 N–H and O–H groups in total. The molecule has 132 valence electrons. The highest BCUT2D eigenvalue weighted by atomic mass is 16.5. The van der Waals surface area contributed by atoms with Gasteiger partial charge in [0.25, 0.3) is 0 Å². The Labute approximate surface area is 147 Å². The summed E-state index contributed by atoms with van der Waals surface area (Å²) in [5.74, 6) is 0.231. The summed E-state index contributed by atoms with van der Waals surface area (Å²) in [5, 5.41) is 5.58. The van der Waals surface area contributed by atoms with E-state index in [1.165, 1.54) is 7.11 Å². The Bertz CT molecular complexity index is 717. The fraction of sp³-hybridized carbons (Fsp3) is 0.263. The van der Waals surface area contributed by atoms with E-state index in [1.807, 2.05) is 30.3 Å². The molecule has 0 saturated heterocycles. The van der Waals surface area contributed by atoms with Gasteiger partial charge in [-0.05, 0) is 30.2 Å². The van der Waals surface area contributed by atoms with Crippen LogP contribution >= 0.6 is 0 Å². The van der Waals surface area contributed by atoms with E-state index < -0.39 is 0 Å². The Morgan fingerprint density at radius 2 is 1.72 bits per heavy atom. The van der Waals surface area contributed by atoms with E-state index in [1.54, 1.807) is 18.2 Å². The van der Waals surface area contributed by atoms with Crippen molar-refractivity contribution in [3.8, 4) is 5.75 Å². The van der Waals surface area contributed by atoms with E-state index >= 15 is 0 Å². The van der Waals surface area contributed by atoms with Gasteiger partial charge in [-0.1, -0.05) is 30.3 Å². The third kappa shape index (κ3) is 5.93. The van der Waals surface area contributed by atoms with Crippen LogP contribution in [0, 0.1) is 0 Å². The molecule has 0 aliphatic carbocycles. The largest absolute Gasteiger partial charge is 0.495 e. The fourth-order valence-corrected chi connectivity index (χ4v) is 2.35. The van der Waals surface area contributed by atoms with Crippen molar-refractivity contribution in [1.82, 2.24) is 0 Å². The van der Waals surface area contributed by atoms with Crippen LogP contribution in [-0.2, 0) is 16.0 Å². The lowest BCUT2D eigenvalue weighted by molar-refractivity contribution is -0.116. The molecule has 0 aliphatic heterocycles.